The van der Waals surface area contributed by atoms with Crippen molar-refractivity contribution >= 4 is 17.0 Å². The second-order valence-corrected chi connectivity index (χ2v) is 5.85. The van der Waals surface area contributed by atoms with Crippen LogP contribution in [0.25, 0.3) is 17.0 Å². The molecule has 0 spiro atoms. The minimum absolute atomic E-state index is 0.712. The second-order valence-electron chi connectivity index (χ2n) is 4.91. The molecule has 0 N–H and O–H groups in total. The fourth-order valence-corrected chi connectivity index (χ4v) is 3.27. The first-order valence-corrected chi connectivity index (χ1v) is 7.96. The molecular weight excluding hydrogens is 296 g/mol. The molecule has 0 saturated carbocycles. The van der Waals surface area contributed by atoms with E-state index in [1.54, 1.807) is 34.4 Å². The topological polar surface area (TPSA) is 60.9 Å². The summed E-state index contributed by atoms with van der Waals surface area (Å²) in [4.78, 5) is 13.5. The number of aromatic nitrogens is 6. The Morgan fingerprint density at radius 3 is 3.00 bits per heavy atom. The summed E-state index contributed by atoms with van der Waals surface area (Å²) in [6.45, 7) is 2.83. The van der Waals surface area contributed by atoms with Gasteiger partial charge in [0.1, 0.15) is 10.8 Å². The lowest BCUT2D eigenvalue weighted by atomic mass is 10.3. The molecule has 0 unspecified atom stereocenters. The van der Waals surface area contributed by atoms with Gasteiger partial charge >= 0.3 is 0 Å². The lowest BCUT2D eigenvalue weighted by Gasteiger charge is -2.04. The van der Waals surface area contributed by atoms with Gasteiger partial charge in [-0.25, -0.2) is 19.5 Å². The molecule has 4 aromatic rings. The molecule has 4 rings (SSSR count). The van der Waals surface area contributed by atoms with Crippen molar-refractivity contribution in [1.82, 2.24) is 29.1 Å². The third-order valence-corrected chi connectivity index (χ3v) is 4.39. The van der Waals surface area contributed by atoms with Crippen molar-refractivity contribution in [1.29, 1.82) is 0 Å². The summed E-state index contributed by atoms with van der Waals surface area (Å²) < 4.78 is 3.84. The maximum absolute atomic E-state index is 4.62. The van der Waals surface area contributed by atoms with Gasteiger partial charge in [0.15, 0.2) is 5.65 Å². The maximum Gasteiger partial charge on any atom is 0.165 e. The smallest absolute Gasteiger partial charge is 0.165 e. The van der Waals surface area contributed by atoms with Crippen LogP contribution in [0.1, 0.15) is 17.6 Å². The first-order valence-electron chi connectivity index (χ1n) is 7.08. The number of rotatable bonds is 4. The molecule has 4 heterocycles. The van der Waals surface area contributed by atoms with Gasteiger partial charge in [-0.05, 0) is 12.5 Å². The largest absolute Gasteiger partial charge is 0.324 e. The van der Waals surface area contributed by atoms with Gasteiger partial charge in [0.2, 0.25) is 0 Å². The van der Waals surface area contributed by atoms with Crippen LogP contribution in [0.3, 0.4) is 0 Å². The van der Waals surface area contributed by atoms with Crippen LogP contribution in [0.4, 0.5) is 0 Å². The van der Waals surface area contributed by atoms with Crippen LogP contribution >= 0.6 is 11.3 Å². The summed E-state index contributed by atoms with van der Waals surface area (Å²) in [5.41, 5.74) is 2.88. The quantitative estimate of drug-likeness (QED) is 0.581. The van der Waals surface area contributed by atoms with Crippen molar-refractivity contribution in [3.63, 3.8) is 0 Å². The SMILES string of the molecule is CCc1csc(Cn2ccnc2-c2cnn3cccnc23)n1. The standard InChI is InChI=1S/C15H14N6S/c1-2-11-10-22-13(19-11)9-20-7-5-17-14(20)12-8-18-21-6-3-4-16-15(12)21/h3-8,10H,2,9H2,1H3. The Kier molecular flexibility index (Phi) is 3.19. The van der Waals surface area contributed by atoms with Gasteiger partial charge < -0.3 is 4.57 Å². The third-order valence-electron chi connectivity index (χ3n) is 3.50. The van der Waals surface area contributed by atoms with Gasteiger partial charge in [-0.1, -0.05) is 6.92 Å². The number of hydrogen-bond donors (Lipinski definition) is 0. The van der Waals surface area contributed by atoms with E-state index >= 15 is 0 Å². The highest BCUT2D eigenvalue weighted by molar-refractivity contribution is 7.09. The monoisotopic (exact) mass is 310 g/mol. The highest BCUT2D eigenvalue weighted by Gasteiger charge is 2.14. The molecular formula is C15H14N6S. The predicted octanol–water partition coefficient (Wildman–Crippen LogP) is 2.66. The summed E-state index contributed by atoms with van der Waals surface area (Å²) >= 11 is 1.69. The number of fused-ring (bicyclic) bond motifs is 1. The average molecular weight is 310 g/mol. The molecule has 0 aliphatic carbocycles. The molecule has 0 bridgehead atoms. The Bertz CT molecular complexity index is 919. The van der Waals surface area contributed by atoms with Crippen LogP contribution in [0, 0.1) is 0 Å². The van der Waals surface area contributed by atoms with E-state index in [2.05, 4.69) is 36.9 Å². The van der Waals surface area contributed by atoms with Crippen LogP contribution in [0.2, 0.25) is 0 Å². The van der Waals surface area contributed by atoms with Crippen LogP contribution in [0.5, 0.6) is 0 Å². The Balaban J connectivity index is 1.73. The van der Waals surface area contributed by atoms with Gasteiger partial charge in [0, 0.05) is 30.2 Å². The summed E-state index contributed by atoms with van der Waals surface area (Å²) in [5.74, 6) is 0.863. The number of aryl methyl sites for hydroxylation is 1. The highest BCUT2D eigenvalue weighted by Crippen LogP contribution is 2.23. The second kappa shape index (κ2) is 5.34. The molecule has 0 aromatic carbocycles. The Morgan fingerprint density at radius 2 is 2.14 bits per heavy atom. The zero-order chi connectivity index (χ0) is 14.9. The van der Waals surface area contributed by atoms with Gasteiger partial charge in [-0.15, -0.1) is 11.3 Å². The fraction of sp³-hybridized carbons (Fsp3) is 0.200. The lowest BCUT2D eigenvalue weighted by Crippen LogP contribution is -2.01. The summed E-state index contributed by atoms with van der Waals surface area (Å²) in [6.07, 6.45) is 10.2. The highest BCUT2D eigenvalue weighted by atomic mass is 32.1. The van der Waals surface area contributed by atoms with E-state index in [4.69, 9.17) is 0 Å². The Labute approximate surface area is 131 Å². The Hall–Kier alpha value is -2.54. The molecule has 0 amide bonds. The number of imidazole rings is 1. The van der Waals surface area contributed by atoms with Crippen molar-refractivity contribution in [2.24, 2.45) is 0 Å². The zero-order valence-electron chi connectivity index (χ0n) is 12.0. The van der Waals surface area contributed by atoms with E-state index in [1.807, 2.05) is 18.5 Å². The minimum atomic E-state index is 0.712. The number of thiazole rings is 1. The molecule has 4 aromatic heterocycles. The van der Waals surface area contributed by atoms with E-state index in [0.717, 1.165) is 34.2 Å². The summed E-state index contributed by atoms with van der Waals surface area (Å²) in [6, 6.07) is 1.86. The molecule has 0 aliphatic rings. The molecule has 0 atom stereocenters. The van der Waals surface area contributed by atoms with E-state index in [0.29, 0.717) is 6.54 Å². The van der Waals surface area contributed by atoms with Gasteiger partial charge in [-0.3, -0.25) is 0 Å². The van der Waals surface area contributed by atoms with Crippen LogP contribution in [0.15, 0.2) is 42.4 Å². The van der Waals surface area contributed by atoms with E-state index in [9.17, 15) is 0 Å². The molecule has 7 heteroatoms. The Morgan fingerprint density at radius 1 is 1.18 bits per heavy atom. The van der Waals surface area contributed by atoms with Crippen molar-refractivity contribution in [3.8, 4) is 11.4 Å². The first-order chi connectivity index (χ1) is 10.8. The van der Waals surface area contributed by atoms with Gasteiger partial charge in [-0.2, -0.15) is 5.10 Å². The van der Waals surface area contributed by atoms with Crippen molar-refractivity contribution in [2.75, 3.05) is 0 Å². The molecule has 22 heavy (non-hydrogen) atoms. The van der Waals surface area contributed by atoms with Gasteiger partial charge in [0.05, 0.1) is 24.0 Å². The summed E-state index contributed by atoms with van der Waals surface area (Å²) in [7, 11) is 0. The zero-order valence-corrected chi connectivity index (χ0v) is 12.9. The molecule has 0 radical (unpaired) electrons. The normalized spacial score (nSPS) is 11.3. The van der Waals surface area contributed by atoms with E-state index in [-0.39, 0.29) is 0 Å². The minimum Gasteiger partial charge on any atom is -0.324 e. The van der Waals surface area contributed by atoms with Crippen LogP contribution < -0.4 is 0 Å². The molecule has 6 nitrogen and oxygen atoms in total. The van der Waals surface area contributed by atoms with Crippen LogP contribution in [-0.4, -0.2) is 29.1 Å². The van der Waals surface area contributed by atoms with Crippen molar-refractivity contribution in [2.45, 2.75) is 19.9 Å². The fourth-order valence-electron chi connectivity index (χ4n) is 2.40. The van der Waals surface area contributed by atoms with Crippen molar-refractivity contribution < 1.29 is 0 Å². The molecule has 0 saturated heterocycles. The lowest BCUT2D eigenvalue weighted by molar-refractivity contribution is 0.794. The first kappa shape index (κ1) is 13.1. The van der Waals surface area contributed by atoms with E-state index < -0.39 is 0 Å². The maximum atomic E-state index is 4.62. The molecule has 110 valence electrons. The number of hydrogen-bond acceptors (Lipinski definition) is 5. The van der Waals surface area contributed by atoms with Crippen molar-refractivity contribution in [3.05, 3.63) is 53.1 Å². The van der Waals surface area contributed by atoms with E-state index in [1.165, 1.54) is 0 Å². The number of nitrogens with zero attached hydrogens (tertiary/aromatic N) is 6. The molecule has 0 fully saturated rings. The molecule has 0 aliphatic heterocycles. The van der Waals surface area contributed by atoms with Gasteiger partial charge in [0.25, 0.3) is 0 Å². The summed E-state index contributed by atoms with van der Waals surface area (Å²) in [5, 5.41) is 7.53. The average Bonchev–Trinajstić information content (AvgIpc) is 3.26. The predicted molar refractivity (Wildman–Crippen MR) is 84.8 cm³/mol. The van der Waals surface area contributed by atoms with Crippen LogP contribution in [-0.2, 0) is 13.0 Å². The third kappa shape index (κ3) is 2.19.